The van der Waals surface area contributed by atoms with E-state index in [0.29, 0.717) is 6.54 Å². The average molecular weight is 306 g/mol. The minimum absolute atomic E-state index is 0.0898. The number of nitrogens with zero attached hydrogens (tertiary/aromatic N) is 3. The highest BCUT2D eigenvalue weighted by Gasteiger charge is 2.36. The first-order chi connectivity index (χ1) is 9.83. The predicted octanol–water partition coefficient (Wildman–Crippen LogP) is 1.12. The molecular weight excluding hydrogens is 289 g/mol. The van der Waals surface area contributed by atoms with Crippen LogP contribution in [0, 0.1) is 0 Å². The van der Waals surface area contributed by atoms with Gasteiger partial charge in [-0.25, -0.2) is 9.97 Å². The number of ether oxygens (including phenoxy) is 1. The summed E-state index contributed by atoms with van der Waals surface area (Å²) in [7, 11) is 1.49. The van der Waals surface area contributed by atoms with E-state index in [9.17, 15) is 18.3 Å². The summed E-state index contributed by atoms with van der Waals surface area (Å²) >= 11 is 0. The van der Waals surface area contributed by atoms with Crippen molar-refractivity contribution in [2.24, 2.45) is 0 Å². The van der Waals surface area contributed by atoms with Crippen LogP contribution in [0.5, 0.6) is 0 Å². The third kappa shape index (κ3) is 3.73. The van der Waals surface area contributed by atoms with E-state index in [1.807, 2.05) is 0 Å². The lowest BCUT2D eigenvalue weighted by Gasteiger charge is -2.37. The maximum atomic E-state index is 12.8. The second kappa shape index (κ2) is 6.02. The van der Waals surface area contributed by atoms with Gasteiger partial charge in [-0.1, -0.05) is 0 Å². The Hall–Kier alpha value is -1.61. The zero-order valence-corrected chi connectivity index (χ0v) is 11.7. The van der Waals surface area contributed by atoms with Gasteiger partial charge < -0.3 is 20.1 Å². The largest absolute Gasteiger partial charge is 0.451 e. The molecule has 1 aliphatic heterocycles. The SMILES string of the molecule is CNc1cc(N2CC(C)OC(CO)C2)nc(C(F)(F)F)n1. The lowest BCUT2D eigenvalue weighted by atomic mass is 10.2. The summed E-state index contributed by atoms with van der Waals surface area (Å²) in [6.45, 7) is 2.27. The van der Waals surface area contributed by atoms with Crippen LogP contribution in [0.1, 0.15) is 12.7 Å². The molecule has 2 heterocycles. The number of alkyl halides is 3. The van der Waals surface area contributed by atoms with E-state index in [-0.39, 0.29) is 30.9 Å². The Balaban J connectivity index is 2.33. The minimum Gasteiger partial charge on any atom is -0.394 e. The Morgan fingerprint density at radius 2 is 2.14 bits per heavy atom. The number of nitrogens with one attached hydrogen (secondary N) is 1. The van der Waals surface area contributed by atoms with Crippen LogP contribution < -0.4 is 10.2 Å². The molecule has 2 unspecified atom stereocenters. The molecule has 6 nitrogen and oxygen atoms in total. The maximum Gasteiger partial charge on any atom is 0.451 e. The van der Waals surface area contributed by atoms with Crippen molar-refractivity contribution in [3.8, 4) is 0 Å². The number of aliphatic hydroxyl groups is 1. The molecule has 1 aliphatic rings. The topological polar surface area (TPSA) is 70.5 Å². The van der Waals surface area contributed by atoms with Crippen LogP contribution >= 0.6 is 0 Å². The second-order valence-corrected chi connectivity index (χ2v) is 4.84. The first-order valence-corrected chi connectivity index (χ1v) is 6.48. The van der Waals surface area contributed by atoms with Gasteiger partial charge >= 0.3 is 6.18 Å². The fourth-order valence-electron chi connectivity index (χ4n) is 2.18. The first-order valence-electron chi connectivity index (χ1n) is 6.48. The Morgan fingerprint density at radius 1 is 1.43 bits per heavy atom. The highest BCUT2D eigenvalue weighted by Crippen LogP contribution is 2.30. The number of morpholine rings is 1. The molecule has 0 aromatic carbocycles. The second-order valence-electron chi connectivity index (χ2n) is 4.84. The van der Waals surface area contributed by atoms with E-state index < -0.39 is 18.1 Å². The number of hydrogen-bond acceptors (Lipinski definition) is 6. The third-order valence-electron chi connectivity index (χ3n) is 3.08. The molecule has 21 heavy (non-hydrogen) atoms. The van der Waals surface area contributed by atoms with Gasteiger partial charge in [0.2, 0.25) is 5.82 Å². The number of hydrogen-bond donors (Lipinski definition) is 2. The molecular formula is C12H17F3N4O2. The van der Waals surface area contributed by atoms with E-state index in [0.717, 1.165) is 0 Å². The summed E-state index contributed by atoms with van der Waals surface area (Å²) in [5, 5.41) is 11.8. The Kier molecular flexibility index (Phi) is 4.52. The van der Waals surface area contributed by atoms with Crippen LogP contribution in [0.2, 0.25) is 0 Å². The van der Waals surface area contributed by atoms with Crippen molar-refractivity contribution < 1.29 is 23.0 Å². The first kappa shape index (κ1) is 15.8. The maximum absolute atomic E-state index is 12.8. The van der Waals surface area contributed by atoms with Crippen molar-refractivity contribution in [1.82, 2.24) is 9.97 Å². The smallest absolute Gasteiger partial charge is 0.394 e. The average Bonchev–Trinajstić information content (AvgIpc) is 2.45. The van der Waals surface area contributed by atoms with Gasteiger partial charge in [-0.15, -0.1) is 0 Å². The number of halogens is 3. The Labute approximate surface area is 119 Å². The van der Waals surface area contributed by atoms with Crippen molar-refractivity contribution in [3.05, 3.63) is 11.9 Å². The Bertz CT molecular complexity index is 498. The molecule has 1 fully saturated rings. The van der Waals surface area contributed by atoms with Crippen molar-refractivity contribution in [3.63, 3.8) is 0 Å². The summed E-state index contributed by atoms with van der Waals surface area (Å²) in [5.41, 5.74) is 0. The highest BCUT2D eigenvalue weighted by atomic mass is 19.4. The quantitative estimate of drug-likeness (QED) is 0.872. The summed E-state index contributed by atoms with van der Waals surface area (Å²) < 4.78 is 44.0. The van der Waals surface area contributed by atoms with Crippen LogP contribution in [-0.4, -0.2) is 54.0 Å². The Morgan fingerprint density at radius 3 is 2.71 bits per heavy atom. The highest BCUT2D eigenvalue weighted by molar-refractivity contribution is 5.50. The molecule has 2 rings (SSSR count). The van der Waals surface area contributed by atoms with E-state index in [4.69, 9.17) is 4.74 Å². The van der Waals surface area contributed by atoms with Gasteiger partial charge in [-0.3, -0.25) is 0 Å². The summed E-state index contributed by atoms with van der Waals surface area (Å²) in [5.74, 6) is -0.939. The molecule has 1 aromatic heterocycles. The molecule has 2 N–H and O–H groups in total. The molecule has 0 spiro atoms. The van der Waals surface area contributed by atoms with Gasteiger partial charge in [0.25, 0.3) is 0 Å². The molecule has 0 saturated carbocycles. The zero-order valence-electron chi connectivity index (χ0n) is 11.7. The number of anilines is 2. The normalized spacial score (nSPS) is 23.2. The van der Waals surface area contributed by atoms with Gasteiger partial charge in [0, 0.05) is 26.2 Å². The molecule has 0 bridgehead atoms. The molecule has 0 aliphatic carbocycles. The molecule has 0 amide bonds. The summed E-state index contributed by atoms with van der Waals surface area (Å²) in [6.07, 6.45) is -5.27. The summed E-state index contributed by atoms with van der Waals surface area (Å²) in [4.78, 5) is 8.67. The van der Waals surface area contributed by atoms with Gasteiger partial charge in [-0.05, 0) is 6.92 Å². The molecule has 1 aromatic rings. The monoisotopic (exact) mass is 306 g/mol. The number of rotatable bonds is 3. The predicted molar refractivity (Wildman–Crippen MR) is 70.2 cm³/mol. The van der Waals surface area contributed by atoms with Crippen molar-refractivity contribution in [2.45, 2.75) is 25.3 Å². The fourth-order valence-corrected chi connectivity index (χ4v) is 2.18. The summed E-state index contributed by atoms with van der Waals surface area (Å²) in [6, 6.07) is 1.45. The van der Waals surface area contributed by atoms with Gasteiger partial charge in [0.15, 0.2) is 0 Å². The van der Waals surface area contributed by atoms with Gasteiger partial charge in [0.1, 0.15) is 11.6 Å². The van der Waals surface area contributed by atoms with Crippen LogP contribution in [0.25, 0.3) is 0 Å². The van der Waals surface area contributed by atoms with E-state index >= 15 is 0 Å². The van der Waals surface area contributed by atoms with Crippen LogP contribution in [-0.2, 0) is 10.9 Å². The van der Waals surface area contributed by atoms with Gasteiger partial charge in [0.05, 0.1) is 18.8 Å². The molecule has 2 atom stereocenters. The van der Waals surface area contributed by atoms with Crippen molar-refractivity contribution in [1.29, 1.82) is 0 Å². The zero-order chi connectivity index (χ0) is 15.6. The fraction of sp³-hybridized carbons (Fsp3) is 0.667. The lowest BCUT2D eigenvalue weighted by molar-refractivity contribution is -0.144. The van der Waals surface area contributed by atoms with Crippen LogP contribution in [0.4, 0.5) is 24.8 Å². The van der Waals surface area contributed by atoms with Crippen molar-refractivity contribution >= 4 is 11.6 Å². The number of aliphatic hydroxyl groups excluding tert-OH is 1. The lowest BCUT2D eigenvalue weighted by Crippen LogP contribution is -2.48. The minimum atomic E-state index is -4.62. The van der Waals surface area contributed by atoms with E-state index in [1.165, 1.54) is 13.1 Å². The third-order valence-corrected chi connectivity index (χ3v) is 3.08. The molecule has 9 heteroatoms. The van der Waals surface area contributed by atoms with Crippen LogP contribution in [0.3, 0.4) is 0 Å². The standard InChI is InChI=1S/C12H17F3N4O2/c1-7-4-19(5-8(6-20)21-7)10-3-9(16-2)17-11(18-10)12(13,14)15/h3,7-8,20H,4-6H2,1-2H3,(H,16,17,18). The van der Waals surface area contributed by atoms with Gasteiger partial charge in [-0.2, -0.15) is 13.2 Å². The molecule has 118 valence electrons. The van der Waals surface area contributed by atoms with E-state index in [1.54, 1.807) is 11.8 Å². The number of aromatic nitrogens is 2. The van der Waals surface area contributed by atoms with E-state index in [2.05, 4.69) is 15.3 Å². The molecule has 1 saturated heterocycles. The van der Waals surface area contributed by atoms with Crippen molar-refractivity contribution in [2.75, 3.05) is 37.0 Å². The van der Waals surface area contributed by atoms with Crippen LogP contribution in [0.15, 0.2) is 6.07 Å². The molecule has 0 radical (unpaired) electrons.